The number of carbonyl (C=O) groups is 2. The van der Waals surface area contributed by atoms with Crippen LogP contribution in [0.4, 0.5) is 0 Å². The molecular weight excluding hydrogens is 366 g/mol. The van der Waals surface area contributed by atoms with Crippen LogP contribution in [0.5, 0.6) is 0 Å². The Balaban J connectivity index is 1.62. The SMILES string of the molecule is NC(=O)C(Cc1ccccc1)NC(=O)c1cccc2[nH]c(-c3ccncc3)nc12. The highest BCUT2D eigenvalue weighted by Crippen LogP contribution is 2.22. The summed E-state index contributed by atoms with van der Waals surface area (Å²) in [4.78, 5) is 36.6. The van der Waals surface area contributed by atoms with Crippen molar-refractivity contribution < 1.29 is 9.59 Å². The van der Waals surface area contributed by atoms with Crippen molar-refractivity contribution in [2.24, 2.45) is 5.73 Å². The minimum Gasteiger partial charge on any atom is -0.368 e. The second-order valence-corrected chi connectivity index (χ2v) is 6.64. The van der Waals surface area contributed by atoms with E-state index in [-0.39, 0.29) is 0 Å². The van der Waals surface area contributed by atoms with Gasteiger partial charge in [0, 0.05) is 24.4 Å². The van der Waals surface area contributed by atoms with Gasteiger partial charge in [0.25, 0.3) is 5.91 Å². The molecule has 0 saturated carbocycles. The van der Waals surface area contributed by atoms with E-state index in [0.717, 1.165) is 16.6 Å². The zero-order chi connectivity index (χ0) is 20.2. The van der Waals surface area contributed by atoms with Crippen LogP contribution in [0.3, 0.4) is 0 Å². The molecule has 0 fully saturated rings. The van der Waals surface area contributed by atoms with Crippen molar-refractivity contribution in [3.05, 3.63) is 84.2 Å². The molecule has 144 valence electrons. The van der Waals surface area contributed by atoms with Gasteiger partial charge in [0.05, 0.1) is 11.1 Å². The third kappa shape index (κ3) is 3.98. The molecule has 7 nitrogen and oxygen atoms in total. The van der Waals surface area contributed by atoms with Crippen LogP contribution < -0.4 is 11.1 Å². The number of aromatic nitrogens is 3. The molecule has 0 radical (unpaired) electrons. The Morgan fingerprint density at radius 1 is 1.00 bits per heavy atom. The van der Waals surface area contributed by atoms with Gasteiger partial charge in [0.15, 0.2) is 0 Å². The van der Waals surface area contributed by atoms with E-state index in [1.54, 1.807) is 24.5 Å². The summed E-state index contributed by atoms with van der Waals surface area (Å²) in [7, 11) is 0. The van der Waals surface area contributed by atoms with Crippen LogP contribution in [0.25, 0.3) is 22.4 Å². The highest BCUT2D eigenvalue weighted by Gasteiger charge is 2.21. The van der Waals surface area contributed by atoms with Crippen molar-refractivity contribution in [1.82, 2.24) is 20.3 Å². The number of nitrogens with zero attached hydrogens (tertiary/aromatic N) is 2. The summed E-state index contributed by atoms with van der Waals surface area (Å²) >= 11 is 0. The van der Waals surface area contributed by atoms with Crippen molar-refractivity contribution in [2.45, 2.75) is 12.5 Å². The molecule has 0 bridgehead atoms. The fraction of sp³-hybridized carbons (Fsp3) is 0.0909. The second kappa shape index (κ2) is 7.93. The van der Waals surface area contributed by atoms with Crippen molar-refractivity contribution >= 4 is 22.8 Å². The van der Waals surface area contributed by atoms with Crippen LogP contribution in [0.2, 0.25) is 0 Å². The quantitative estimate of drug-likeness (QED) is 0.473. The number of imidazole rings is 1. The average molecular weight is 385 g/mol. The average Bonchev–Trinajstić information content (AvgIpc) is 3.19. The number of fused-ring (bicyclic) bond motifs is 1. The minimum absolute atomic E-state index is 0.320. The Labute approximate surface area is 167 Å². The number of nitrogens with two attached hydrogens (primary N) is 1. The predicted molar refractivity (Wildman–Crippen MR) is 110 cm³/mol. The number of hydrogen-bond acceptors (Lipinski definition) is 4. The normalized spacial score (nSPS) is 11.9. The first-order chi connectivity index (χ1) is 14.1. The monoisotopic (exact) mass is 385 g/mol. The number of para-hydroxylation sites is 1. The van der Waals surface area contributed by atoms with Gasteiger partial charge in [-0.05, 0) is 29.8 Å². The lowest BCUT2D eigenvalue weighted by molar-refractivity contribution is -0.119. The van der Waals surface area contributed by atoms with Gasteiger partial charge >= 0.3 is 0 Å². The Morgan fingerprint density at radius 2 is 1.76 bits per heavy atom. The van der Waals surface area contributed by atoms with Gasteiger partial charge in [-0.3, -0.25) is 14.6 Å². The number of primary amides is 1. The zero-order valence-electron chi connectivity index (χ0n) is 15.5. The maximum atomic E-state index is 12.9. The van der Waals surface area contributed by atoms with Crippen LogP contribution >= 0.6 is 0 Å². The number of carbonyl (C=O) groups excluding carboxylic acids is 2. The fourth-order valence-electron chi connectivity index (χ4n) is 3.17. The van der Waals surface area contributed by atoms with Gasteiger partial charge < -0.3 is 16.0 Å². The standard InChI is InChI=1S/C22H19N5O2/c23-20(28)18(13-14-5-2-1-3-6-14)26-22(29)16-7-4-8-17-19(16)27-21(25-17)15-9-11-24-12-10-15/h1-12,18H,13H2,(H2,23,28)(H,25,27)(H,26,29). The van der Waals surface area contributed by atoms with E-state index in [1.807, 2.05) is 48.5 Å². The number of rotatable bonds is 6. The maximum absolute atomic E-state index is 12.9. The second-order valence-electron chi connectivity index (χ2n) is 6.64. The predicted octanol–water partition coefficient (Wildman–Crippen LogP) is 2.45. The summed E-state index contributed by atoms with van der Waals surface area (Å²) in [6.07, 6.45) is 3.68. The third-order valence-electron chi connectivity index (χ3n) is 4.64. The highest BCUT2D eigenvalue weighted by atomic mass is 16.2. The number of pyridine rings is 1. The molecule has 4 rings (SSSR count). The van der Waals surface area contributed by atoms with Gasteiger partial charge in [-0.15, -0.1) is 0 Å². The number of aromatic amines is 1. The van der Waals surface area contributed by atoms with Crippen LogP contribution in [0.1, 0.15) is 15.9 Å². The topological polar surface area (TPSA) is 114 Å². The highest BCUT2D eigenvalue weighted by molar-refractivity contribution is 6.06. The molecule has 4 aromatic rings. The molecule has 1 atom stereocenters. The molecule has 29 heavy (non-hydrogen) atoms. The molecule has 2 heterocycles. The van der Waals surface area contributed by atoms with E-state index in [1.165, 1.54) is 0 Å². The molecule has 7 heteroatoms. The molecule has 0 aliphatic heterocycles. The molecule has 2 aromatic carbocycles. The van der Waals surface area contributed by atoms with Gasteiger partial charge in [0.2, 0.25) is 5.91 Å². The zero-order valence-corrected chi connectivity index (χ0v) is 15.5. The summed E-state index contributed by atoms with van der Waals surface area (Å²) < 4.78 is 0. The van der Waals surface area contributed by atoms with Crippen LogP contribution in [-0.4, -0.2) is 32.8 Å². The molecule has 0 aliphatic rings. The van der Waals surface area contributed by atoms with E-state index in [2.05, 4.69) is 20.3 Å². The number of hydrogen-bond donors (Lipinski definition) is 3. The van der Waals surface area contributed by atoms with Crippen molar-refractivity contribution in [2.75, 3.05) is 0 Å². The summed E-state index contributed by atoms with van der Waals surface area (Å²) in [5.41, 5.74) is 8.92. The van der Waals surface area contributed by atoms with E-state index < -0.39 is 17.9 Å². The minimum atomic E-state index is -0.821. The van der Waals surface area contributed by atoms with E-state index >= 15 is 0 Å². The van der Waals surface area contributed by atoms with Crippen LogP contribution in [0, 0.1) is 0 Å². The molecule has 0 aliphatic carbocycles. The van der Waals surface area contributed by atoms with Crippen molar-refractivity contribution in [1.29, 1.82) is 0 Å². The molecule has 0 spiro atoms. The lowest BCUT2D eigenvalue weighted by atomic mass is 10.0. The molecule has 0 saturated heterocycles. The fourth-order valence-corrected chi connectivity index (χ4v) is 3.17. The summed E-state index contributed by atoms with van der Waals surface area (Å²) in [5, 5.41) is 2.75. The van der Waals surface area contributed by atoms with E-state index in [0.29, 0.717) is 23.3 Å². The van der Waals surface area contributed by atoms with Crippen molar-refractivity contribution in [3.8, 4) is 11.4 Å². The Kier molecular flexibility index (Phi) is 5.03. The lowest BCUT2D eigenvalue weighted by Gasteiger charge is -2.15. The molecule has 2 amide bonds. The largest absolute Gasteiger partial charge is 0.368 e. The van der Waals surface area contributed by atoms with E-state index in [9.17, 15) is 9.59 Å². The molecule has 2 aromatic heterocycles. The number of H-pyrrole nitrogens is 1. The van der Waals surface area contributed by atoms with Gasteiger partial charge in [-0.25, -0.2) is 4.98 Å². The summed E-state index contributed by atoms with van der Waals surface area (Å²) in [6.45, 7) is 0. The maximum Gasteiger partial charge on any atom is 0.254 e. The van der Waals surface area contributed by atoms with Gasteiger partial charge in [-0.1, -0.05) is 36.4 Å². The Bertz CT molecular complexity index is 1160. The van der Waals surface area contributed by atoms with Crippen LogP contribution in [0.15, 0.2) is 73.1 Å². The first kappa shape index (κ1) is 18.4. The van der Waals surface area contributed by atoms with Crippen LogP contribution in [-0.2, 0) is 11.2 Å². The number of nitrogens with one attached hydrogen (secondary N) is 2. The smallest absolute Gasteiger partial charge is 0.254 e. The third-order valence-corrected chi connectivity index (χ3v) is 4.64. The first-order valence-electron chi connectivity index (χ1n) is 9.15. The first-order valence-corrected chi connectivity index (χ1v) is 9.15. The van der Waals surface area contributed by atoms with Gasteiger partial charge in [0.1, 0.15) is 17.4 Å². The van der Waals surface area contributed by atoms with Gasteiger partial charge in [-0.2, -0.15) is 0 Å². The lowest BCUT2D eigenvalue weighted by Crippen LogP contribution is -2.45. The number of benzene rings is 2. The van der Waals surface area contributed by atoms with E-state index in [4.69, 9.17) is 5.73 Å². The Morgan fingerprint density at radius 3 is 2.48 bits per heavy atom. The Hall–Kier alpha value is -4.00. The summed E-state index contributed by atoms with van der Waals surface area (Å²) in [6, 6.07) is 17.5. The summed E-state index contributed by atoms with van der Waals surface area (Å²) in [5.74, 6) is -0.352. The molecule has 4 N–H and O–H groups in total. The number of amides is 2. The molecular formula is C22H19N5O2. The van der Waals surface area contributed by atoms with Crippen molar-refractivity contribution in [3.63, 3.8) is 0 Å². The molecule has 1 unspecified atom stereocenters.